The van der Waals surface area contributed by atoms with Crippen LogP contribution in [-0.2, 0) is 5.60 Å². The highest BCUT2D eigenvalue weighted by atomic mass is 35.5. The topological polar surface area (TPSA) is 20.2 Å². The van der Waals surface area contributed by atoms with Gasteiger partial charge in [0, 0.05) is 5.02 Å². The van der Waals surface area contributed by atoms with Crippen LogP contribution in [-0.4, -0.2) is 5.11 Å². The molecule has 104 valence electrons. The van der Waals surface area contributed by atoms with Gasteiger partial charge in [-0.2, -0.15) is 0 Å². The Balaban J connectivity index is 2.07. The summed E-state index contributed by atoms with van der Waals surface area (Å²) < 4.78 is 0. The molecule has 2 heteroatoms. The fraction of sp³-hybridized carbons (Fsp3) is 0.333. The van der Waals surface area contributed by atoms with E-state index < -0.39 is 5.60 Å². The summed E-state index contributed by atoms with van der Waals surface area (Å²) >= 11 is 6.07. The second-order valence-electron chi connectivity index (χ2n) is 5.80. The van der Waals surface area contributed by atoms with Crippen LogP contribution in [0.4, 0.5) is 0 Å². The minimum absolute atomic E-state index is 0.594. The van der Waals surface area contributed by atoms with E-state index in [1.165, 1.54) is 24.8 Å². The molecule has 1 atom stereocenters. The van der Waals surface area contributed by atoms with Gasteiger partial charge in [-0.25, -0.2) is 0 Å². The molecule has 1 saturated carbocycles. The van der Waals surface area contributed by atoms with E-state index >= 15 is 0 Å². The van der Waals surface area contributed by atoms with Crippen molar-refractivity contribution in [2.45, 2.75) is 37.7 Å². The average molecular weight is 287 g/mol. The van der Waals surface area contributed by atoms with Crippen molar-refractivity contribution in [1.82, 2.24) is 0 Å². The lowest BCUT2D eigenvalue weighted by Gasteiger charge is -2.33. The van der Waals surface area contributed by atoms with E-state index in [-0.39, 0.29) is 0 Å². The van der Waals surface area contributed by atoms with Crippen LogP contribution in [0.3, 0.4) is 0 Å². The lowest BCUT2D eigenvalue weighted by molar-refractivity contribution is 0.100. The summed E-state index contributed by atoms with van der Waals surface area (Å²) in [7, 11) is 0. The van der Waals surface area contributed by atoms with Gasteiger partial charge in [0.25, 0.3) is 0 Å². The highest BCUT2D eigenvalue weighted by Gasteiger charge is 2.32. The van der Waals surface area contributed by atoms with E-state index in [4.69, 9.17) is 11.6 Å². The van der Waals surface area contributed by atoms with Gasteiger partial charge in [0.1, 0.15) is 5.60 Å². The van der Waals surface area contributed by atoms with Crippen molar-refractivity contribution in [2.24, 2.45) is 0 Å². The normalized spacial score (nSPS) is 18.4. The number of aliphatic hydroxyl groups is 1. The zero-order valence-corrected chi connectivity index (χ0v) is 12.4. The first-order valence-electron chi connectivity index (χ1n) is 7.17. The van der Waals surface area contributed by atoms with Gasteiger partial charge in [-0.3, -0.25) is 0 Å². The lowest BCUT2D eigenvalue weighted by Crippen LogP contribution is -2.26. The van der Waals surface area contributed by atoms with Crippen LogP contribution < -0.4 is 0 Å². The molecule has 0 spiro atoms. The second-order valence-corrected chi connectivity index (χ2v) is 6.23. The van der Waals surface area contributed by atoms with Crippen LogP contribution in [0.1, 0.15) is 48.8 Å². The molecule has 2 aromatic rings. The Hall–Kier alpha value is -1.31. The van der Waals surface area contributed by atoms with Crippen molar-refractivity contribution in [1.29, 1.82) is 0 Å². The van der Waals surface area contributed by atoms with Crippen molar-refractivity contribution in [3.05, 3.63) is 70.2 Å². The molecule has 3 rings (SSSR count). The summed E-state index contributed by atoms with van der Waals surface area (Å²) in [6, 6.07) is 15.7. The summed E-state index contributed by atoms with van der Waals surface area (Å²) in [5, 5.41) is 11.7. The standard InChI is InChI=1S/C18H19ClO/c1-18(20,14-8-5-9-15(19)12-14)17-11-3-2-10-16(17)13-6-4-7-13/h2-3,5,8-13,20H,4,6-7H2,1H3. The molecule has 1 unspecified atom stereocenters. The molecule has 1 N–H and O–H groups in total. The summed E-state index contributed by atoms with van der Waals surface area (Å²) in [6.45, 7) is 1.86. The summed E-state index contributed by atoms with van der Waals surface area (Å²) in [5.74, 6) is 0.594. The molecule has 20 heavy (non-hydrogen) atoms. The Bertz CT molecular complexity index is 614. The number of hydrogen-bond acceptors (Lipinski definition) is 1. The minimum Gasteiger partial charge on any atom is -0.381 e. The first-order valence-corrected chi connectivity index (χ1v) is 7.54. The smallest absolute Gasteiger partial charge is 0.112 e. The quantitative estimate of drug-likeness (QED) is 0.854. The molecule has 0 radical (unpaired) electrons. The molecule has 1 aliphatic rings. The maximum atomic E-state index is 11.1. The zero-order valence-electron chi connectivity index (χ0n) is 11.6. The molecular formula is C18H19ClO. The van der Waals surface area contributed by atoms with Gasteiger partial charge in [0.2, 0.25) is 0 Å². The van der Waals surface area contributed by atoms with E-state index in [1.807, 2.05) is 43.3 Å². The molecule has 0 aliphatic heterocycles. The third-order valence-corrected chi connectivity index (χ3v) is 4.65. The molecule has 1 aliphatic carbocycles. The Morgan fingerprint density at radius 2 is 1.85 bits per heavy atom. The molecule has 0 bridgehead atoms. The predicted molar refractivity (Wildman–Crippen MR) is 83.2 cm³/mol. The van der Waals surface area contributed by atoms with Crippen LogP contribution in [0.25, 0.3) is 0 Å². The lowest BCUT2D eigenvalue weighted by atomic mass is 9.74. The Morgan fingerprint density at radius 1 is 1.10 bits per heavy atom. The summed E-state index contributed by atoms with van der Waals surface area (Å²) in [6.07, 6.45) is 3.74. The van der Waals surface area contributed by atoms with Crippen LogP contribution >= 0.6 is 11.6 Å². The Morgan fingerprint density at radius 3 is 2.50 bits per heavy atom. The predicted octanol–water partition coefficient (Wildman–Crippen LogP) is 4.86. The van der Waals surface area contributed by atoms with E-state index in [1.54, 1.807) is 0 Å². The first-order chi connectivity index (χ1) is 9.59. The number of halogens is 1. The number of hydrogen-bond donors (Lipinski definition) is 1. The van der Waals surface area contributed by atoms with E-state index in [0.717, 1.165) is 11.1 Å². The maximum absolute atomic E-state index is 11.1. The van der Waals surface area contributed by atoms with Gasteiger partial charge in [-0.15, -0.1) is 0 Å². The van der Waals surface area contributed by atoms with Gasteiger partial charge in [0.05, 0.1) is 0 Å². The van der Waals surface area contributed by atoms with Gasteiger partial charge in [0.15, 0.2) is 0 Å². The Labute approximate surface area is 125 Å². The third-order valence-electron chi connectivity index (χ3n) is 4.42. The maximum Gasteiger partial charge on any atom is 0.112 e. The molecule has 0 saturated heterocycles. The second kappa shape index (κ2) is 5.23. The largest absolute Gasteiger partial charge is 0.381 e. The number of rotatable bonds is 3. The van der Waals surface area contributed by atoms with Crippen molar-refractivity contribution in [3.8, 4) is 0 Å². The summed E-state index contributed by atoms with van der Waals surface area (Å²) in [5.41, 5.74) is 2.13. The Kier molecular flexibility index (Phi) is 3.57. The zero-order chi connectivity index (χ0) is 14.2. The highest BCUT2D eigenvalue weighted by Crippen LogP contribution is 2.42. The van der Waals surface area contributed by atoms with E-state index in [0.29, 0.717) is 10.9 Å². The van der Waals surface area contributed by atoms with Crippen LogP contribution in [0.5, 0.6) is 0 Å². The third kappa shape index (κ3) is 2.36. The SMILES string of the molecule is CC(O)(c1cccc(Cl)c1)c1ccccc1C1CCC1. The van der Waals surface area contributed by atoms with Gasteiger partial charge >= 0.3 is 0 Å². The van der Waals surface area contributed by atoms with Gasteiger partial charge in [-0.05, 0) is 54.5 Å². The van der Waals surface area contributed by atoms with Gasteiger partial charge < -0.3 is 5.11 Å². The molecule has 0 amide bonds. The molecule has 0 heterocycles. The molecule has 2 aromatic carbocycles. The fourth-order valence-corrected chi connectivity index (χ4v) is 3.15. The van der Waals surface area contributed by atoms with Crippen molar-refractivity contribution >= 4 is 11.6 Å². The molecule has 1 nitrogen and oxygen atoms in total. The van der Waals surface area contributed by atoms with Gasteiger partial charge in [-0.1, -0.05) is 54.4 Å². The molecule has 0 aromatic heterocycles. The van der Waals surface area contributed by atoms with Crippen molar-refractivity contribution < 1.29 is 5.11 Å². The fourth-order valence-electron chi connectivity index (χ4n) is 2.96. The van der Waals surface area contributed by atoms with Crippen LogP contribution in [0.2, 0.25) is 5.02 Å². The van der Waals surface area contributed by atoms with Crippen LogP contribution in [0.15, 0.2) is 48.5 Å². The van der Waals surface area contributed by atoms with E-state index in [2.05, 4.69) is 12.1 Å². The van der Waals surface area contributed by atoms with Crippen molar-refractivity contribution in [2.75, 3.05) is 0 Å². The average Bonchev–Trinajstić information content (AvgIpc) is 2.37. The van der Waals surface area contributed by atoms with E-state index in [9.17, 15) is 5.11 Å². The number of benzene rings is 2. The molecular weight excluding hydrogens is 268 g/mol. The van der Waals surface area contributed by atoms with Crippen LogP contribution in [0, 0.1) is 0 Å². The monoisotopic (exact) mass is 286 g/mol. The highest BCUT2D eigenvalue weighted by molar-refractivity contribution is 6.30. The summed E-state index contributed by atoms with van der Waals surface area (Å²) in [4.78, 5) is 0. The first kappa shape index (κ1) is 13.7. The minimum atomic E-state index is -1.00. The molecule has 1 fully saturated rings. The van der Waals surface area contributed by atoms with Crippen molar-refractivity contribution in [3.63, 3.8) is 0 Å².